The van der Waals surface area contributed by atoms with Crippen LogP contribution in [-0.4, -0.2) is 30.1 Å². The summed E-state index contributed by atoms with van der Waals surface area (Å²) in [5, 5.41) is 6.52. The highest BCUT2D eigenvalue weighted by molar-refractivity contribution is 6.33. The molecule has 3 aromatic carbocycles. The lowest BCUT2D eigenvalue weighted by molar-refractivity contribution is 0.0595. The van der Waals surface area contributed by atoms with Crippen molar-refractivity contribution in [3.63, 3.8) is 0 Å². The molecule has 1 aliphatic carbocycles. The number of anilines is 1. The summed E-state index contributed by atoms with van der Waals surface area (Å²) >= 11 is 6.39. The van der Waals surface area contributed by atoms with Crippen LogP contribution in [-0.2, 0) is 11.3 Å². The van der Waals surface area contributed by atoms with E-state index in [0.717, 1.165) is 18.4 Å². The molecule has 0 bridgehead atoms. The molecule has 0 unspecified atom stereocenters. The van der Waals surface area contributed by atoms with Crippen LogP contribution >= 0.6 is 11.6 Å². The Hall–Kier alpha value is -4.30. The van der Waals surface area contributed by atoms with Gasteiger partial charge in [-0.15, -0.1) is 0 Å². The van der Waals surface area contributed by atoms with E-state index in [0.29, 0.717) is 38.9 Å². The Morgan fingerprint density at radius 2 is 1.84 bits per heavy atom. The zero-order chi connectivity index (χ0) is 25.8. The molecule has 37 heavy (non-hydrogen) atoms. The number of ether oxygens (including phenoxy) is 3. The minimum Gasteiger partial charge on any atom is -0.488 e. The van der Waals surface area contributed by atoms with Gasteiger partial charge < -0.3 is 24.8 Å². The Morgan fingerprint density at radius 3 is 2.57 bits per heavy atom. The first-order valence-electron chi connectivity index (χ1n) is 11.7. The van der Waals surface area contributed by atoms with Crippen molar-refractivity contribution >= 4 is 40.2 Å². The topological polar surface area (TPSA) is 98.8 Å². The standard InChI is InChI=1S/C28H24ClN3O5/c1-35-27(33)21-14-20-24(15-26(21)36-16-17-5-3-2-4-6-17)30-12-11-25(20)37-19-9-10-23(22(29)13-19)32-28(34)31-18-7-8-18/h2-6,9-15,18H,7-8,16H2,1H3,(H2,31,32,34). The highest BCUT2D eigenvalue weighted by Crippen LogP contribution is 2.36. The molecule has 5 rings (SSSR count). The summed E-state index contributed by atoms with van der Waals surface area (Å²) in [4.78, 5) is 29.0. The number of pyridine rings is 1. The van der Waals surface area contributed by atoms with Crippen molar-refractivity contribution < 1.29 is 23.8 Å². The van der Waals surface area contributed by atoms with Crippen molar-refractivity contribution in [2.45, 2.75) is 25.5 Å². The van der Waals surface area contributed by atoms with Crippen LogP contribution in [0, 0.1) is 0 Å². The third-order valence-electron chi connectivity index (χ3n) is 5.77. The van der Waals surface area contributed by atoms with E-state index >= 15 is 0 Å². The van der Waals surface area contributed by atoms with Gasteiger partial charge in [-0.25, -0.2) is 9.59 Å². The summed E-state index contributed by atoms with van der Waals surface area (Å²) in [6.45, 7) is 0.282. The predicted molar refractivity (Wildman–Crippen MR) is 141 cm³/mol. The number of methoxy groups -OCH3 is 1. The number of benzene rings is 3. The van der Waals surface area contributed by atoms with Crippen molar-refractivity contribution in [2.75, 3.05) is 12.4 Å². The van der Waals surface area contributed by atoms with Crippen LogP contribution in [0.2, 0.25) is 5.02 Å². The van der Waals surface area contributed by atoms with Crippen LogP contribution < -0.4 is 20.1 Å². The van der Waals surface area contributed by atoms with Gasteiger partial charge in [0.05, 0.1) is 23.3 Å². The SMILES string of the molecule is COC(=O)c1cc2c(Oc3ccc(NC(=O)NC4CC4)c(Cl)c3)ccnc2cc1OCc1ccccc1. The van der Waals surface area contributed by atoms with E-state index < -0.39 is 5.97 Å². The zero-order valence-corrected chi connectivity index (χ0v) is 20.7. The average molecular weight is 518 g/mol. The van der Waals surface area contributed by atoms with Gasteiger partial charge in [-0.05, 0) is 42.7 Å². The van der Waals surface area contributed by atoms with Gasteiger partial charge in [0.15, 0.2) is 0 Å². The van der Waals surface area contributed by atoms with E-state index in [4.69, 9.17) is 25.8 Å². The van der Waals surface area contributed by atoms with Gasteiger partial charge in [-0.2, -0.15) is 0 Å². The molecule has 9 heteroatoms. The highest BCUT2D eigenvalue weighted by atomic mass is 35.5. The summed E-state index contributed by atoms with van der Waals surface area (Å²) in [6, 6.07) is 19.6. The van der Waals surface area contributed by atoms with Gasteiger partial charge in [-0.1, -0.05) is 41.9 Å². The molecule has 2 amide bonds. The molecule has 2 N–H and O–H groups in total. The molecule has 4 aromatic rings. The molecule has 1 aliphatic rings. The van der Waals surface area contributed by atoms with Crippen LogP contribution in [0.1, 0.15) is 28.8 Å². The molecular formula is C28H24ClN3O5. The molecule has 0 aliphatic heterocycles. The van der Waals surface area contributed by atoms with Gasteiger partial charge >= 0.3 is 12.0 Å². The molecule has 0 spiro atoms. The monoisotopic (exact) mass is 517 g/mol. The van der Waals surface area contributed by atoms with E-state index in [9.17, 15) is 9.59 Å². The van der Waals surface area contributed by atoms with Crippen LogP contribution in [0.15, 0.2) is 72.9 Å². The van der Waals surface area contributed by atoms with Crippen LogP contribution in [0.4, 0.5) is 10.5 Å². The van der Waals surface area contributed by atoms with Crippen molar-refractivity contribution in [1.29, 1.82) is 0 Å². The van der Waals surface area contributed by atoms with Gasteiger partial charge in [-0.3, -0.25) is 4.98 Å². The molecule has 8 nitrogen and oxygen atoms in total. The number of amides is 2. The molecule has 0 radical (unpaired) electrons. The molecule has 1 aromatic heterocycles. The predicted octanol–water partition coefficient (Wildman–Crippen LogP) is 6.33. The Labute approximate surface area is 218 Å². The van der Waals surface area contributed by atoms with Gasteiger partial charge in [0, 0.05) is 29.8 Å². The van der Waals surface area contributed by atoms with E-state index in [1.807, 2.05) is 30.3 Å². The number of rotatable bonds is 8. The van der Waals surface area contributed by atoms with E-state index in [-0.39, 0.29) is 24.2 Å². The first-order chi connectivity index (χ1) is 18.0. The fourth-order valence-electron chi connectivity index (χ4n) is 3.72. The number of urea groups is 1. The molecular weight excluding hydrogens is 494 g/mol. The fourth-order valence-corrected chi connectivity index (χ4v) is 3.94. The Morgan fingerprint density at radius 1 is 1.03 bits per heavy atom. The maximum Gasteiger partial charge on any atom is 0.341 e. The zero-order valence-electron chi connectivity index (χ0n) is 20.0. The second kappa shape index (κ2) is 10.8. The molecule has 1 saturated carbocycles. The van der Waals surface area contributed by atoms with Crippen molar-refractivity contribution in [3.8, 4) is 17.2 Å². The second-order valence-corrected chi connectivity index (χ2v) is 8.96. The number of hydrogen-bond acceptors (Lipinski definition) is 6. The molecule has 1 fully saturated rings. The smallest absolute Gasteiger partial charge is 0.341 e. The summed E-state index contributed by atoms with van der Waals surface area (Å²) < 4.78 is 17.0. The number of carbonyl (C=O) groups excluding carboxylic acids is 2. The number of nitrogens with one attached hydrogen (secondary N) is 2. The van der Waals surface area contributed by atoms with Gasteiger partial charge in [0.2, 0.25) is 0 Å². The average Bonchev–Trinajstić information content (AvgIpc) is 3.72. The maximum absolute atomic E-state index is 12.6. The van der Waals surface area contributed by atoms with Crippen LogP contribution in [0.3, 0.4) is 0 Å². The maximum atomic E-state index is 12.6. The number of fused-ring (bicyclic) bond motifs is 1. The lowest BCUT2D eigenvalue weighted by Gasteiger charge is -2.14. The Kier molecular flexibility index (Phi) is 7.09. The quantitative estimate of drug-likeness (QED) is 0.265. The van der Waals surface area contributed by atoms with Crippen molar-refractivity contribution in [3.05, 3.63) is 89.1 Å². The minimum atomic E-state index is -0.539. The highest BCUT2D eigenvalue weighted by Gasteiger charge is 2.23. The molecule has 188 valence electrons. The molecule has 0 saturated heterocycles. The lowest BCUT2D eigenvalue weighted by atomic mass is 10.1. The normalized spacial score (nSPS) is 12.6. The molecule has 0 atom stereocenters. The van der Waals surface area contributed by atoms with Crippen molar-refractivity contribution in [1.82, 2.24) is 10.3 Å². The minimum absolute atomic E-state index is 0.237. The second-order valence-electron chi connectivity index (χ2n) is 8.56. The van der Waals surface area contributed by atoms with E-state index in [1.54, 1.807) is 42.6 Å². The number of hydrogen-bond donors (Lipinski definition) is 2. The fraction of sp³-hybridized carbons (Fsp3) is 0.179. The Balaban J connectivity index is 1.40. The number of nitrogens with zero attached hydrogens (tertiary/aromatic N) is 1. The number of esters is 1. The lowest BCUT2D eigenvalue weighted by Crippen LogP contribution is -2.30. The van der Waals surface area contributed by atoms with Crippen LogP contribution in [0.25, 0.3) is 10.9 Å². The van der Waals surface area contributed by atoms with E-state index in [1.165, 1.54) is 7.11 Å². The summed E-state index contributed by atoms with van der Waals surface area (Å²) in [7, 11) is 1.32. The van der Waals surface area contributed by atoms with Crippen LogP contribution in [0.5, 0.6) is 17.2 Å². The Bertz CT molecular complexity index is 1460. The van der Waals surface area contributed by atoms with Gasteiger partial charge in [0.1, 0.15) is 29.4 Å². The number of carbonyl (C=O) groups is 2. The first kappa shape index (κ1) is 24.4. The van der Waals surface area contributed by atoms with E-state index in [2.05, 4.69) is 15.6 Å². The largest absolute Gasteiger partial charge is 0.488 e. The van der Waals surface area contributed by atoms with Gasteiger partial charge in [0.25, 0.3) is 0 Å². The first-order valence-corrected chi connectivity index (χ1v) is 12.1. The van der Waals surface area contributed by atoms with Crippen molar-refractivity contribution in [2.24, 2.45) is 0 Å². The summed E-state index contributed by atoms with van der Waals surface area (Å²) in [6.07, 6.45) is 3.59. The third kappa shape index (κ3) is 5.92. The summed E-state index contributed by atoms with van der Waals surface area (Å²) in [5.41, 5.74) is 2.26. The number of aromatic nitrogens is 1. The number of halogens is 1. The third-order valence-corrected chi connectivity index (χ3v) is 6.09. The molecule has 1 heterocycles. The summed E-state index contributed by atoms with van der Waals surface area (Å²) in [5.74, 6) is 0.737.